The first-order valence-electron chi connectivity index (χ1n) is 6.97. The number of nitrogens with zero attached hydrogens (tertiary/aromatic N) is 2. The van der Waals surface area contributed by atoms with Crippen molar-refractivity contribution in [1.82, 2.24) is 10.1 Å². The van der Waals surface area contributed by atoms with Crippen molar-refractivity contribution in [3.8, 4) is 0 Å². The molecule has 2 fully saturated rings. The van der Waals surface area contributed by atoms with Gasteiger partial charge in [0.05, 0.1) is 11.9 Å². The van der Waals surface area contributed by atoms with Gasteiger partial charge in [-0.3, -0.25) is 4.79 Å². The van der Waals surface area contributed by atoms with Crippen LogP contribution in [0.4, 0.5) is 0 Å². The maximum Gasteiger partial charge on any atom is 0.321 e. The highest BCUT2D eigenvalue weighted by Crippen LogP contribution is 2.45. The van der Waals surface area contributed by atoms with Crippen molar-refractivity contribution in [2.75, 3.05) is 23.9 Å². The van der Waals surface area contributed by atoms with E-state index in [-0.39, 0.29) is 11.2 Å². The fraction of sp³-hybridized carbons (Fsp3) is 0.769. The van der Waals surface area contributed by atoms with Crippen molar-refractivity contribution >= 4 is 29.5 Å². The van der Waals surface area contributed by atoms with Crippen LogP contribution >= 0.6 is 23.5 Å². The highest BCUT2D eigenvalue weighted by Gasteiger charge is 2.52. The zero-order valence-electron chi connectivity index (χ0n) is 11.5. The van der Waals surface area contributed by atoms with Gasteiger partial charge >= 0.3 is 5.97 Å². The van der Waals surface area contributed by atoms with Gasteiger partial charge in [-0.2, -0.15) is 16.7 Å². The van der Waals surface area contributed by atoms with Crippen molar-refractivity contribution in [1.29, 1.82) is 0 Å². The minimum atomic E-state index is -0.673. The summed E-state index contributed by atoms with van der Waals surface area (Å²) in [7, 11) is 0. The lowest BCUT2D eigenvalue weighted by molar-refractivity contribution is -0.155. The number of ether oxygens (including phenoxy) is 1. The normalized spacial score (nSPS) is 24.9. The van der Waals surface area contributed by atoms with Crippen LogP contribution in [0.15, 0.2) is 4.52 Å². The molecule has 1 atom stereocenters. The van der Waals surface area contributed by atoms with Crippen molar-refractivity contribution in [3.63, 3.8) is 0 Å². The summed E-state index contributed by atoms with van der Waals surface area (Å²) in [5, 5.41) is 4.39. The van der Waals surface area contributed by atoms with E-state index in [0.29, 0.717) is 12.5 Å². The maximum absolute atomic E-state index is 12.2. The number of hydrogen-bond acceptors (Lipinski definition) is 7. The van der Waals surface area contributed by atoms with Crippen LogP contribution in [0.25, 0.3) is 0 Å². The van der Waals surface area contributed by atoms with E-state index in [1.807, 2.05) is 30.4 Å². The molecule has 0 radical (unpaired) electrons. The third-order valence-electron chi connectivity index (χ3n) is 3.83. The van der Waals surface area contributed by atoms with Crippen molar-refractivity contribution in [3.05, 3.63) is 11.7 Å². The van der Waals surface area contributed by atoms with Crippen LogP contribution in [0.5, 0.6) is 0 Å². The molecule has 1 aliphatic heterocycles. The molecule has 110 valence electrons. The highest BCUT2D eigenvalue weighted by molar-refractivity contribution is 8.06. The Labute approximate surface area is 126 Å². The van der Waals surface area contributed by atoms with E-state index in [1.165, 1.54) is 5.75 Å². The molecule has 20 heavy (non-hydrogen) atoms. The second-order valence-electron chi connectivity index (χ2n) is 5.05. The van der Waals surface area contributed by atoms with Gasteiger partial charge in [-0.25, -0.2) is 0 Å². The summed E-state index contributed by atoms with van der Waals surface area (Å²) in [5.74, 6) is 4.27. The molecule has 3 rings (SSSR count). The molecule has 5 nitrogen and oxygen atoms in total. The summed E-state index contributed by atoms with van der Waals surface area (Å²) >= 11 is 3.78. The Balaban J connectivity index is 1.79. The van der Waals surface area contributed by atoms with Crippen LogP contribution in [-0.2, 0) is 14.9 Å². The van der Waals surface area contributed by atoms with Gasteiger partial charge in [0.2, 0.25) is 5.89 Å². The van der Waals surface area contributed by atoms with Gasteiger partial charge in [0.25, 0.3) is 0 Å². The van der Waals surface area contributed by atoms with Gasteiger partial charge < -0.3 is 9.26 Å². The highest BCUT2D eigenvalue weighted by atomic mass is 32.2. The molecule has 1 saturated heterocycles. The van der Waals surface area contributed by atoms with Crippen LogP contribution in [0.1, 0.15) is 43.2 Å². The van der Waals surface area contributed by atoms with E-state index in [9.17, 15) is 4.79 Å². The number of hydrogen-bond donors (Lipinski definition) is 0. The summed E-state index contributed by atoms with van der Waals surface area (Å²) in [6, 6.07) is 0. The smallest absolute Gasteiger partial charge is 0.321 e. The summed E-state index contributed by atoms with van der Waals surface area (Å²) in [4.78, 5) is 16.7. The van der Waals surface area contributed by atoms with E-state index >= 15 is 0 Å². The Morgan fingerprint density at radius 1 is 1.50 bits per heavy atom. The summed E-state index contributed by atoms with van der Waals surface area (Å²) in [5.41, 5.74) is -0.673. The molecule has 1 unspecified atom stereocenters. The molecular formula is C13H18N2O3S2. The van der Waals surface area contributed by atoms with Crippen LogP contribution in [-0.4, -0.2) is 40.0 Å². The molecule has 1 saturated carbocycles. The van der Waals surface area contributed by atoms with Crippen LogP contribution in [0.3, 0.4) is 0 Å². The Kier molecular flexibility index (Phi) is 4.26. The fourth-order valence-electron chi connectivity index (χ4n) is 2.50. The van der Waals surface area contributed by atoms with Crippen LogP contribution < -0.4 is 0 Å². The first-order valence-corrected chi connectivity index (χ1v) is 9.17. The molecule has 2 aliphatic rings. The summed E-state index contributed by atoms with van der Waals surface area (Å²) in [6.45, 7) is 2.20. The molecule has 0 amide bonds. The quantitative estimate of drug-likeness (QED) is 0.791. The first kappa shape index (κ1) is 14.3. The lowest BCUT2D eigenvalue weighted by Crippen LogP contribution is -2.44. The Hall–Kier alpha value is -0.690. The molecule has 1 aliphatic carbocycles. The van der Waals surface area contributed by atoms with Gasteiger partial charge in [-0.05, 0) is 19.8 Å². The minimum absolute atomic E-state index is 0.216. The fourth-order valence-corrected chi connectivity index (χ4v) is 5.09. The van der Waals surface area contributed by atoms with E-state index < -0.39 is 5.41 Å². The van der Waals surface area contributed by atoms with E-state index in [4.69, 9.17) is 9.26 Å². The Morgan fingerprint density at radius 2 is 2.35 bits per heavy atom. The van der Waals surface area contributed by atoms with Crippen LogP contribution in [0, 0.1) is 0 Å². The number of thioether (sulfide) groups is 2. The molecule has 0 spiro atoms. The summed E-state index contributed by atoms with van der Waals surface area (Å²) < 4.78 is 10.6. The lowest BCUT2D eigenvalue weighted by Gasteiger charge is -2.35. The van der Waals surface area contributed by atoms with Gasteiger partial charge in [-0.1, -0.05) is 11.6 Å². The molecule has 1 aromatic heterocycles. The molecule has 0 aromatic carbocycles. The Bertz CT molecular complexity index is 482. The molecule has 0 N–H and O–H groups in total. The average molecular weight is 314 g/mol. The lowest BCUT2D eigenvalue weighted by atomic mass is 9.68. The average Bonchev–Trinajstić information content (AvgIpc) is 2.89. The summed E-state index contributed by atoms with van der Waals surface area (Å²) in [6.07, 6.45) is 2.50. The SMILES string of the molecule is CCOC(=O)C1(c2nc(C3CSCCS3)no2)CCC1. The van der Waals surface area contributed by atoms with Crippen molar-refractivity contribution in [2.24, 2.45) is 0 Å². The number of esters is 1. The predicted octanol–water partition coefficient (Wildman–Crippen LogP) is 2.58. The third kappa shape index (κ3) is 2.45. The number of carbonyl (C=O) groups is 1. The first-order chi connectivity index (χ1) is 9.76. The standard InChI is InChI=1S/C13H18N2O3S2/c1-2-17-12(16)13(4-3-5-13)11-14-10(15-18-11)9-8-19-6-7-20-9/h9H,2-8H2,1H3. The van der Waals surface area contributed by atoms with Gasteiger partial charge in [0.1, 0.15) is 5.41 Å². The predicted molar refractivity (Wildman–Crippen MR) is 79.0 cm³/mol. The molecular weight excluding hydrogens is 296 g/mol. The largest absolute Gasteiger partial charge is 0.465 e. The van der Waals surface area contributed by atoms with Gasteiger partial charge in [0.15, 0.2) is 5.82 Å². The topological polar surface area (TPSA) is 65.2 Å². The van der Waals surface area contributed by atoms with Crippen molar-refractivity contribution < 1.29 is 14.1 Å². The molecule has 1 aromatic rings. The van der Waals surface area contributed by atoms with Gasteiger partial charge in [0, 0.05) is 17.3 Å². The molecule has 7 heteroatoms. The number of carbonyl (C=O) groups excluding carboxylic acids is 1. The second-order valence-corrected chi connectivity index (χ2v) is 7.51. The second kappa shape index (κ2) is 5.97. The van der Waals surface area contributed by atoms with Crippen LogP contribution in [0.2, 0.25) is 0 Å². The van der Waals surface area contributed by atoms with E-state index in [0.717, 1.165) is 36.6 Å². The van der Waals surface area contributed by atoms with E-state index in [2.05, 4.69) is 10.1 Å². The maximum atomic E-state index is 12.2. The van der Waals surface area contributed by atoms with E-state index in [1.54, 1.807) is 0 Å². The molecule has 0 bridgehead atoms. The number of aromatic nitrogens is 2. The zero-order valence-corrected chi connectivity index (χ0v) is 13.1. The minimum Gasteiger partial charge on any atom is -0.465 e. The number of rotatable bonds is 4. The Morgan fingerprint density at radius 3 is 2.95 bits per heavy atom. The molecule has 2 heterocycles. The van der Waals surface area contributed by atoms with Gasteiger partial charge in [-0.15, -0.1) is 11.8 Å². The van der Waals surface area contributed by atoms with Crippen molar-refractivity contribution in [2.45, 2.75) is 36.9 Å². The monoisotopic (exact) mass is 314 g/mol. The third-order valence-corrected chi connectivity index (χ3v) is 6.58. The zero-order chi connectivity index (χ0) is 14.0.